The molecular weight excluding hydrogens is 319 g/mol. The normalized spacial score (nSPS) is 9.84. The minimum Gasteiger partial charge on any atom is -0.417 e. The van der Waals surface area contributed by atoms with E-state index in [1.807, 2.05) is 26.2 Å². The van der Waals surface area contributed by atoms with Gasteiger partial charge in [0.2, 0.25) is 0 Å². The van der Waals surface area contributed by atoms with Crippen LogP contribution in [0.2, 0.25) is 0 Å². The quantitative estimate of drug-likeness (QED) is 0.863. The van der Waals surface area contributed by atoms with Gasteiger partial charge in [-0.05, 0) is 24.2 Å². The molecule has 0 aliphatic rings. The summed E-state index contributed by atoms with van der Waals surface area (Å²) in [5.74, 6) is -0.200. The SMILES string of the molecule is Cc1cc(C(=O)Nc2cc([C-]=O)n(C)c2)n(C)c1.[Y]. The Morgan fingerprint density at radius 2 is 1.89 bits per heavy atom. The van der Waals surface area contributed by atoms with Gasteiger partial charge >= 0.3 is 0 Å². The Balaban J connectivity index is 0.00000180. The molecular formula is C13H14N3O2Y-. The number of hydrogen-bond donors (Lipinski definition) is 1. The number of nitrogens with one attached hydrogen (secondary N) is 1. The van der Waals surface area contributed by atoms with Gasteiger partial charge in [0.05, 0.1) is 0 Å². The van der Waals surface area contributed by atoms with Crippen LogP contribution in [-0.2, 0) is 51.6 Å². The zero-order valence-electron chi connectivity index (χ0n) is 11.1. The second-order valence-electron chi connectivity index (χ2n) is 4.29. The van der Waals surface area contributed by atoms with Gasteiger partial charge < -0.3 is 19.2 Å². The van der Waals surface area contributed by atoms with Gasteiger partial charge in [-0.25, -0.2) is 0 Å². The van der Waals surface area contributed by atoms with Crippen molar-refractivity contribution in [3.63, 3.8) is 0 Å². The molecule has 0 saturated heterocycles. The zero-order chi connectivity index (χ0) is 13.3. The van der Waals surface area contributed by atoms with Crippen LogP contribution in [0.15, 0.2) is 24.5 Å². The molecule has 0 bridgehead atoms. The third-order valence-corrected chi connectivity index (χ3v) is 2.74. The Hall–Kier alpha value is -1.20. The van der Waals surface area contributed by atoms with Gasteiger partial charge in [-0.3, -0.25) is 4.79 Å². The standard InChI is InChI=1S/C13H14N3O2.Y/c1-9-4-12(16(3)6-9)13(18)14-10-5-11(8-17)15(2)7-10;/h4-7H,1-3H3,(H,14,18);/q-1;. The molecule has 97 valence electrons. The summed E-state index contributed by atoms with van der Waals surface area (Å²) in [6, 6.07) is 3.39. The molecule has 2 aromatic rings. The molecule has 0 aromatic carbocycles. The van der Waals surface area contributed by atoms with Crippen LogP contribution in [0, 0.1) is 6.92 Å². The molecule has 19 heavy (non-hydrogen) atoms. The van der Waals surface area contributed by atoms with Gasteiger partial charge in [0.1, 0.15) is 5.69 Å². The van der Waals surface area contributed by atoms with E-state index in [2.05, 4.69) is 5.32 Å². The average Bonchev–Trinajstić information content (AvgIpc) is 2.81. The van der Waals surface area contributed by atoms with Crippen molar-refractivity contribution in [2.24, 2.45) is 14.1 Å². The fourth-order valence-corrected chi connectivity index (χ4v) is 1.88. The molecule has 1 radical (unpaired) electrons. The van der Waals surface area contributed by atoms with E-state index in [1.165, 1.54) is 0 Å². The topological polar surface area (TPSA) is 56.0 Å². The van der Waals surface area contributed by atoms with Crippen molar-refractivity contribution in [2.45, 2.75) is 6.92 Å². The minimum atomic E-state index is -0.200. The summed E-state index contributed by atoms with van der Waals surface area (Å²) in [5.41, 5.74) is 2.58. The molecule has 5 nitrogen and oxygen atoms in total. The van der Waals surface area contributed by atoms with Gasteiger partial charge in [0, 0.05) is 65.5 Å². The summed E-state index contributed by atoms with van der Waals surface area (Å²) in [6.45, 7) is 1.93. The fourth-order valence-electron chi connectivity index (χ4n) is 1.88. The van der Waals surface area contributed by atoms with Gasteiger partial charge in [-0.2, -0.15) is 6.07 Å². The first-order valence-corrected chi connectivity index (χ1v) is 5.50. The van der Waals surface area contributed by atoms with Crippen LogP contribution in [0.4, 0.5) is 5.69 Å². The Labute approximate surface area is 136 Å². The number of carbonyl (C=O) groups excluding carboxylic acids is 2. The van der Waals surface area contributed by atoms with Crippen LogP contribution in [0.5, 0.6) is 0 Å². The second-order valence-corrected chi connectivity index (χ2v) is 4.29. The number of amides is 1. The van der Waals surface area contributed by atoms with Crippen LogP contribution >= 0.6 is 0 Å². The van der Waals surface area contributed by atoms with E-state index >= 15 is 0 Å². The Morgan fingerprint density at radius 3 is 2.37 bits per heavy atom. The van der Waals surface area contributed by atoms with Crippen LogP contribution in [0.3, 0.4) is 0 Å². The predicted molar refractivity (Wildman–Crippen MR) is 68.3 cm³/mol. The van der Waals surface area contributed by atoms with Crippen LogP contribution in [-0.4, -0.2) is 21.3 Å². The smallest absolute Gasteiger partial charge is 0.271 e. The maximum atomic E-state index is 12.0. The molecule has 0 aliphatic carbocycles. The first kappa shape index (κ1) is 15.9. The first-order valence-electron chi connectivity index (χ1n) is 5.50. The van der Waals surface area contributed by atoms with Gasteiger partial charge in [0.25, 0.3) is 5.91 Å². The fraction of sp³-hybridized carbons (Fsp3) is 0.231. The van der Waals surface area contributed by atoms with Crippen molar-refractivity contribution in [3.8, 4) is 0 Å². The van der Waals surface area contributed by atoms with E-state index in [0.717, 1.165) is 5.56 Å². The average molecular weight is 333 g/mol. The molecule has 0 unspecified atom stereocenters. The largest absolute Gasteiger partial charge is 0.417 e. The third-order valence-electron chi connectivity index (χ3n) is 2.74. The summed E-state index contributed by atoms with van der Waals surface area (Å²) in [4.78, 5) is 22.6. The number of rotatable bonds is 3. The third kappa shape index (κ3) is 3.42. The first-order chi connectivity index (χ1) is 8.51. The molecule has 0 aliphatic heterocycles. The molecule has 0 saturated carbocycles. The van der Waals surface area contributed by atoms with Crippen molar-refractivity contribution < 1.29 is 42.3 Å². The molecule has 1 amide bonds. The second kappa shape index (κ2) is 6.30. The Bertz CT molecular complexity index is 613. The summed E-state index contributed by atoms with van der Waals surface area (Å²) >= 11 is 0. The number of carbonyl (C=O) groups is 1. The molecule has 2 rings (SSSR count). The summed E-state index contributed by atoms with van der Waals surface area (Å²) in [5, 5.41) is 2.75. The number of aryl methyl sites for hydroxylation is 3. The maximum absolute atomic E-state index is 12.0. The summed E-state index contributed by atoms with van der Waals surface area (Å²) in [6.07, 6.45) is 5.35. The summed E-state index contributed by atoms with van der Waals surface area (Å²) < 4.78 is 3.37. The van der Waals surface area contributed by atoms with Gasteiger partial charge in [0.15, 0.2) is 0 Å². The van der Waals surface area contributed by atoms with Crippen LogP contribution in [0.25, 0.3) is 0 Å². The molecule has 1 N–H and O–H groups in total. The van der Waals surface area contributed by atoms with Crippen molar-refractivity contribution in [2.75, 3.05) is 5.32 Å². The Morgan fingerprint density at radius 1 is 1.21 bits per heavy atom. The number of hydrogen-bond acceptors (Lipinski definition) is 2. The summed E-state index contributed by atoms with van der Waals surface area (Å²) in [7, 11) is 3.54. The molecule has 2 heterocycles. The van der Waals surface area contributed by atoms with E-state index in [9.17, 15) is 9.59 Å². The van der Waals surface area contributed by atoms with Crippen LogP contribution in [0.1, 0.15) is 21.7 Å². The van der Waals surface area contributed by atoms with Crippen molar-refractivity contribution >= 4 is 17.9 Å². The van der Waals surface area contributed by atoms with Crippen molar-refractivity contribution in [1.82, 2.24) is 9.13 Å². The van der Waals surface area contributed by atoms with Crippen molar-refractivity contribution in [3.05, 3.63) is 41.5 Å². The Kier molecular flexibility index (Phi) is 5.26. The molecule has 0 spiro atoms. The van der Waals surface area contributed by atoms with E-state index in [0.29, 0.717) is 17.1 Å². The molecule has 0 atom stereocenters. The predicted octanol–water partition coefficient (Wildman–Crippen LogP) is 1.38. The van der Waals surface area contributed by atoms with Gasteiger partial charge in [-0.1, -0.05) is 5.69 Å². The van der Waals surface area contributed by atoms with Crippen molar-refractivity contribution in [1.29, 1.82) is 0 Å². The van der Waals surface area contributed by atoms with E-state index < -0.39 is 0 Å². The van der Waals surface area contributed by atoms with Gasteiger partial charge in [-0.15, -0.1) is 0 Å². The molecule has 0 fully saturated rings. The molecule has 6 heteroatoms. The van der Waals surface area contributed by atoms with E-state index in [1.54, 1.807) is 34.7 Å². The number of anilines is 1. The number of aromatic nitrogens is 2. The zero-order valence-corrected chi connectivity index (χ0v) is 13.9. The monoisotopic (exact) mass is 333 g/mol. The minimum absolute atomic E-state index is 0. The van der Waals surface area contributed by atoms with Crippen LogP contribution < -0.4 is 5.32 Å². The molecule has 2 aromatic heterocycles. The number of nitrogens with zero attached hydrogens (tertiary/aromatic N) is 2. The van der Waals surface area contributed by atoms with E-state index in [4.69, 9.17) is 0 Å². The maximum Gasteiger partial charge on any atom is 0.271 e. The van der Waals surface area contributed by atoms with E-state index in [-0.39, 0.29) is 38.6 Å².